The number of benzene rings is 2. The fourth-order valence-corrected chi connectivity index (χ4v) is 5.62. The van der Waals surface area contributed by atoms with Crippen LogP contribution in [0.1, 0.15) is 34.3 Å². The van der Waals surface area contributed by atoms with Gasteiger partial charge in [-0.25, -0.2) is 12.8 Å². The molecule has 1 aliphatic carbocycles. The maximum atomic E-state index is 14.0. The van der Waals surface area contributed by atoms with Gasteiger partial charge in [0, 0.05) is 31.2 Å². The van der Waals surface area contributed by atoms with Gasteiger partial charge in [-0.15, -0.1) is 0 Å². The summed E-state index contributed by atoms with van der Waals surface area (Å²) in [6.45, 7) is 0.789. The van der Waals surface area contributed by atoms with E-state index in [-0.39, 0.29) is 36.8 Å². The van der Waals surface area contributed by atoms with Gasteiger partial charge in [-0.1, -0.05) is 17.7 Å². The van der Waals surface area contributed by atoms with Crippen molar-refractivity contribution in [3.05, 3.63) is 63.9 Å². The van der Waals surface area contributed by atoms with Crippen molar-refractivity contribution in [1.82, 2.24) is 9.21 Å². The molecule has 0 unspecified atom stereocenters. The fraction of sp³-hybridized carbons (Fsp3) is 0.381. The first-order valence-corrected chi connectivity index (χ1v) is 11.5. The standard InChI is InChI=1S/C21H22ClFN2O3S/c22-17-6-8-19(20(23)14-17)21(26)24-9-11-25(12-10-24)29(27,28)18-7-5-15-3-1-2-4-16(15)13-18/h5-8,13-14H,1-4,9-12H2. The first-order chi connectivity index (χ1) is 13.9. The van der Waals surface area contributed by atoms with E-state index in [4.69, 9.17) is 11.6 Å². The molecule has 154 valence electrons. The molecular formula is C21H22ClFN2O3S. The number of carbonyl (C=O) groups excluding carboxylic acids is 1. The third-order valence-electron chi connectivity index (χ3n) is 5.65. The third kappa shape index (κ3) is 4.04. The molecule has 2 aliphatic rings. The smallest absolute Gasteiger partial charge is 0.256 e. The minimum atomic E-state index is -3.62. The summed E-state index contributed by atoms with van der Waals surface area (Å²) in [6, 6.07) is 9.32. The molecule has 1 fully saturated rings. The number of carbonyl (C=O) groups is 1. The predicted octanol–water partition coefficient (Wildman–Crippen LogP) is 3.50. The summed E-state index contributed by atoms with van der Waals surface area (Å²) in [6.07, 6.45) is 4.13. The topological polar surface area (TPSA) is 57.7 Å². The van der Waals surface area contributed by atoms with Crippen LogP contribution in [0.4, 0.5) is 4.39 Å². The van der Waals surface area contributed by atoms with Gasteiger partial charge < -0.3 is 4.90 Å². The molecule has 2 aromatic rings. The summed E-state index contributed by atoms with van der Waals surface area (Å²) in [5.41, 5.74) is 2.29. The zero-order valence-electron chi connectivity index (χ0n) is 15.9. The number of amides is 1. The van der Waals surface area contributed by atoms with E-state index in [0.717, 1.165) is 37.3 Å². The molecule has 29 heavy (non-hydrogen) atoms. The molecule has 0 spiro atoms. The SMILES string of the molecule is O=C(c1ccc(Cl)cc1F)N1CCN(S(=O)(=O)c2ccc3c(c2)CCCC3)CC1. The van der Waals surface area contributed by atoms with Crippen molar-refractivity contribution in [2.75, 3.05) is 26.2 Å². The summed E-state index contributed by atoms with van der Waals surface area (Å²) in [5.74, 6) is -1.13. The Labute approximate surface area is 175 Å². The van der Waals surface area contributed by atoms with Crippen LogP contribution in [-0.4, -0.2) is 49.7 Å². The molecule has 4 rings (SSSR count). The van der Waals surface area contributed by atoms with Crippen LogP contribution in [0.2, 0.25) is 5.02 Å². The number of hydrogen-bond acceptors (Lipinski definition) is 3. The lowest BCUT2D eigenvalue weighted by Crippen LogP contribution is -2.50. The Morgan fingerprint density at radius 2 is 1.62 bits per heavy atom. The van der Waals surface area contributed by atoms with Crippen LogP contribution in [-0.2, 0) is 22.9 Å². The van der Waals surface area contributed by atoms with Crippen LogP contribution in [0.3, 0.4) is 0 Å². The Balaban J connectivity index is 1.47. The molecule has 0 N–H and O–H groups in total. The molecule has 1 saturated heterocycles. The Kier molecular flexibility index (Phi) is 5.64. The highest BCUT2D eigenvalue weighted by Gasteiger charge is 2.31. The molecule has 0 aromatic heterocycles. The quantitative estimate of drug-likeness (QED) is 0.739. The maximum Gasteiger partial charge on any atom is 0.256 e. The van der Waals surface area contributed by atoms with Crippen molar-refractivity contribution in [1.29, 1.82) is 0 Å². The summed E-state index contributed by atoms with van der Waals surface area (Å²) in [4.78, 5) is 14.4. The van der Waals surface area contributed by atoms with Crippen LogP contribution in [0, 0.1) is 5.82 Å². The number of rotatable bonds is 3. The average molecular weight is 437 g/mol. The summed E-state index contributed by atoms with van der Waals surface area (Å²) < 4.78 is 41.6. The zero-order chi connectivity index (χ0) is 20.6. The van der Waals surface area contributed by atoms with Gasteiger partial charge in [0.05, 0.1) is 10.5 Å². The van der Waals surface area contributed by atoms with Gasteiger partial charge in [0.2, 0.25) is 10.0 Å². The Morgan fingerprint density at radius 3 is 2.31 bits per heavy atom. The van der Waals surface area contributed by atoms with Crippen LogP contribution in [0.15, 0.2) is 41.3 Å². The van der Waals surface area contributed by atoms with Gasteiger partial charge >= 0.3 is 0 Å². The van der Waals surface area contributed by atoms with Crippen LogP contribution in [0.5, 0.6) is 0 Å². The molecular weight excluding hydrogens is 415 g/mol. The van der Waals surface area contributed by atoms with E-state index in [1.807, 2.05) is 6.07 Å². The zero-order valence-corrected chi connectivity index (χ0v) is 17.5. The second kappa shape index (κ2) is 8.05. The predicted molar refractivity (Wildman–Crippen MR) is 109 cm³/mol. The molecule has 0 saturated carbocycles. The molecule has 1 amide bonds. The molecule has 2 aromatic carbocycles. The van der Waals surface area contributed by atoms with Gasteiger partial charge in [-0.2, -0.15) is 4.31 Å². The molecule has 1 aliphatic heterocycles. The lowest BCUT2D eigenvalue weighted by atomic mass is 9.92. The van der Waals surface area contributed by atoms with Crippen molar-refractivity contribution in [3.8, 4) is 0 Å². The Morgan fingerprint density at radius 1 is 0.931 bits per heavy atom. The normalized spacial score (nSPS) is 17.8. The number of sulfonamides is 1. The Bertz CT molecular complexity index is 1050. The van der Waals surface area contributed by atoms with Crippen LogP contribution < -0.4 is 0 Å². The summed E-state index contributed by atoms with van der Waals surface area (Å²) in [7, 11) is -3.62. The minimum absolute atomic E-state index is 0.0552. The minimum Gasteiger partial charge on any atom is -0.336 e. The van der Waals surface area contributed by atoms with E-state index in [1.54, 1.807) is 12.1 Å². The van der Waals surface area contributed by atoms with Gasteiger partial charge in [-0.05, 0) is 67.1 Å². The fourth-order valence-electron chi connectivity index (χ4n) is 3.98. The van der Waals surface area contributed by atoms with E-state index >= 15 is 0 Å². The van der Waals surface area contributed by atoms with Crippen molar-refractivity contribution in [3.63, 3.8) is 0 Å². The maximum absolute atomic E-state index is 14.0. The number of aryl methyl sites for hydroxylation is 2. The van der Waals surface area contributed by atoms with Crippen molar-refractivity contribution >= 4 is 27.5 Å². The van der Waals surface area contributed by atoms with E-state index < -0.39 is 21.7 Å². The summed E-state index contributed by atoms with van der Waals surface area (Å²) in [5, 5.41) is 0.222. The van der Waals surface area contributed by atoms with Crippen molar-refractivity contribution in [2.24, 2.45) is 0 Å². The average Bonchev–Trinajstić information content (AvgIpc) is 2.73. The van der Waals surface area contributed by atoms with Crippen LogP contribution in [0.25, 0.3) is 0 Å². The number of piperazine rings is 1. The lowest BCUT2D eigenvalue weighted by molar-refractivity contribution is 0.0693. The first-order valence-electron chi connectivity index (χ1n) is 9.72. The summed E-state index contributed by atoms with van der Waals surface area (Å²) >= 11 is 5.74. The van der Waals surface area contributed by atoms with Crippen molar-refractivity contribution < 1.29 is 17.6 Å². The van der Waals surface area contributed by atoms with Gasteiger partial charge in [-0.3, -0.25) is 4.79 Å². The highest BCUT2D eigenvalue weighted by atomic mass is 35.5. The highest BCUT2D eigenvalue weighted by Crippen LogP contribution is 2.26. The lowest BCUT2D eigenvalue weighted by Gasteiger charge is -2.34. The number of nitrogens with zero attached hydrogens (tertiary/aromatic N) is 2. The highest BCUT2D eigenvalue weighted by molar-refractivity contribution is 7.89. The molecule has 5 nitrogen and oxygen atoms in total. The molecule has 0 bridgehead atoms. The monoisotopic (exact) mass is 436 g/mol. The Hall–Kier alpha value is -1.96. The number of hydrogen-bond donors (Lipinski definition) is 0. The molecule has 0 atom stereocenters. The number of fused-ring (bicyclic) bond motifs is 1. The van der Waals surface area contributed by atoms with Gasteiger partial charge in [0.25, 0.3) is 5.91 Å². The first kappa shape index (κ1) is 20.3. The third-order valence-corrected chi connectivity index (χ3v) is 7.77. The second-order valence-electron chi connectivity index (χ2n) is 7.46. The molecule has 1 heterocycles. The van der Waals surface area contributed by atoms with Crippen molar-refractivity contribution in [2.45, 2.75) is 30.6 Å². The van der Waals surface area contributed by atoms with E-state index in [2.05, 4.69) is 0 Å². The van der Waals surface area contributed by atoms with Gasteiger partial charge in [0.1, 0.15) is 5.82 Å². The van der Waals surface area contributed by atoms with E-state index in [0.29, 0.717) is 4.90 Å². The van der Waals surface area contributed by atoms with Gasteiger partial charge in [0.15, 0.2) is 0 Å². The molecule has 8 heteroatoms. The largest absolute Gasteiger partial charge is 0.336 e. The number of halogens is 2. The van der Waals surface area contributed by atoms with E-state index in [1.165, 1.54) is 26.9 Å². The second-order valence-corrected chi connectivity index (χ2v) is 9.83. The van der Waals surface area contributed by atoms with Crippen LogP contribution >= 0.6 is 11.6 Å². The van der Waals surface area contributed by atoms with E-state index in [9.17, 15) is 17.6 Å². The molecule has 0 radical (unpaired) electrons.